The first-order valence-electron chi connectivity index (χ1n) is 7.80. The third-order valence-corrected chi connectivity index (χ3v) is 3.56. The van der Waals surface area contributed by atoms with Gasteiger partial charge in [-0.15, -0.1) is 0 Å². The van der Waals surface area contributed by atoms with Crippen LogP contribution in [0.2, 0.25) is 0 Å². The van der Waals surface area contributed by atoms with Crippen molar-refractivity contribution < 1.29 is 9.47 Å². The predicted molar refractivity (Wildman–Crippen MR) is 84.4 cm³/mol. The van der Waals surface area contributed by atoms with E-state index in [0.717, 1.165) is 48.6 Å². The first-order valence-corrected chi connectivity index (χ1v) is 7.80. The molecule has 1 aliphatic carbocycles. The van der Waals surface area contributed by atoms with Crippen LogP contribution in [0.1, 0.15) is 26.2 Å². The normalized spacial score (nSPS) is 18.0. The van der Waals surface area contributed by atoms with Gasteiger partial charge < -0.3 is 20.1 Å². The molecule has 0 bridgehead atoms. The lowest BCUT2D eigenvalue weighted by molar-refractivity contribution is 0.297. The molecule has 5 nitrogen and oxygen atoms in total. The number of aliphatic imine (C=N–C) groups is 1. The van der Waals surface area contributed by atoms with Crippen molar-refractivity contribution in [2.45, 2.75) is 26.2 Å². The summed E-state index contributed by atoms with van der Waals surface area (Å²) >= 11 is 0. The van der Waals surface area contributed by atoms with E-state index in [4.69, 9.17) is 9.47 Å². The molecule has 1 aliphatic heterocycles. The van der Waals surface area contributed by atoms with Crippen LogP contribution in [0.5, 0.6) is 11.5 Å². The molecule has 1 saturated carbocycles. The van der Waals surface area contributed by atoms with Crippen LogP contribution < -0.4 is 20.1 Å². The summed E-state index contributed by atoms with van der Waals surface area (Å²) in [6.45, 7) is 5.24. The van der Waals surface area contributed by atoms with E-state index in [0.29, 0.717) is 13.2 Å². The summed E-state index contributed by atoms with van der Waals surface area (Å²) in [7, 11) is 0. The van der Waals surface area contributed by atoms with Crippen molar-refractivity contribution in [1.82, 2.24) is 5.32 Å². The Morgan fingerprint density at radius 2 is 2.05 bits per heavy atom. The van der Waals surface area contributed by atoms with Crippen molar-refractivity contribution in [3.8, 4) is 11.5 Å². The van der Waals surface area contributed by atoms with Crippen LogP contribution >= 0.6 is 0 Å². The maximum atomic E-state index is 5.71. The monoisotopic (exact) mass is 289 g/mol. The molecule has 114 valence electrons. The molecule has 5 heteroatoms. The Kier molecular flexibility index (Phi) is 4.48. The summed E-state index contributed by atoms with van der Waals surface area (Å²) in [6.07, 6.45) is 3.54. The van der Waals surface area contributed by atoms with Crippen LogP contribution in [-0.4, -0.2) is 32.3 Å². The fraction of sp³-hybridized carbons (Fsp3) is 0.562. The molecule has 0 spiro atoms. The van der Waals surface area contributed by atoms with Gasteiger partial charge in [-0.25, -0.2) is 0 Å². The van der Waals surface area contributed by atoms with E-state index in [9.17, 15) is 0 Å². The van der Waals surface area contributed by atoms with Crippen LogP contribution in [-0.2, 0) is 0 Å². The molecular weight excluding hydrogens is 266 g/mol. The lowest BCUT2D eigenvalue weighted by Gasteiger charge is -2.13. The molecule has 0 saturated heterocycles. The number of nitrogens with zero attached hydrogens (tertiary/aromatic N) is 1. The first kappa shape index (κ1) is 14.0. The Morgan fingerprint density at radius 3 is 2.81 bits per heavy atom. The Balaban J connectivity index is 1.69. The molecule has 0 amide bonds. The van der Waals surface area contributed by atoms with E-state index in [2.05, 4.69) is 22.5 Å². The van der Waals surface area contributed by atoms with Crippen molar-refractivity contribution >= 4 is 11.6 Å². The zero-order valence-corrected chi connectivity index (χ0v) is 12.5. The Hall–Kier alpha value is -1.91. The second-order valence-corrected chi connectivity index (χ2v) is 5.50. The molecule has 3 rings (SSSR count). The van der Waals surface area contributed by atoms with E-state index in [1.54, 1.807) is 0 Å². The fourth-order valence-electron chi connectivity index (χ4n) is 2.21. The minimum absolute atomic E-state index is 0.701. The van der Waals surface area contributed by atoms with Gasteiger partial charge in [0.25, 0.3) is 0 Å². The van der Waals surface area contributed by atoms with Gasteiger partial charge in [0.15, 0.2) is 17.5 Å². The number of hydrogen-bond donors (Lipinski definition) is 2. The largest absolute Gasteiger partial charge is 0.490 e. The molecule has 1 aromatic rings. The van der Waals surface area contributed by atoms with Crippen LogP contribution in [0.4, 0.5) is 5.69 Å². The minimum atomic E-state index is 0.701. The number of guanidine groups is 1. The highest BCUT2D eigenvalue weighted by Crippen LogP contribution is 2.32. The summed E-state index contributed by atoms with van der Waals surface area (Å²) in [5.74, 6) is 3.23. The molecule has 0 aromatic heterocycles. The highest BCUT2D eigenvalue weighted by atomic mass is 16.5. The van der Waals surface area contributed by atoms with Gasteiger partial charge in [0.05, 0.1) is 13.2 Å². The molecule has 21 heavy (non-hydrogen) atoms. The van der Waals surface area contributed by atoms with Gasteiger partial charge in [-0.3, -0.25) is 4.99 Å². The van der Waals surface area contributed by atoms with Crippen molar-refractivity contribution in [2.24, 2.45) is 10.9 Å². The fourth-order valence-corrected chi connectivity index (χ4v) is 2.21. The molecule has 0 atom stereocenters. The van der Waals surface area contributed by atoms with E-state index in [-0.39, 0.29) is 0 Å². The zero-order valence-electron chi connectivity index (χ0n) is 12.5. The van der Waals surface area contributed by atoms with Crippen LogP contribution in [0.25, 0.3) is 0 Å². The van der Waals surface area contributed by atoms with Gasteiger partial charge in [-0.05, 0) is 37.8 Å². The number of fused-ring (bicyclic) bond motifs is 1. The molecular formula is C16H23N3O2. The average molecular weight is 289 g/mol. The maximum absolute atomic E-state index is 5.71. The second kappa shape index (κ2) is 6.70. The molecule has 0 radical (unpaired) electrons. The van der Waals surface area contributed by atoms with Gasteiger partial charge >= 0.3 is 0 Å². The van der Waals surface area contributed by atoms with Crippen molar-refractivity contribution in [3.05, 3.63) is 18.2 Å². The summed E-state index contributed by atoms with van der Waals surface area (Å²) in [5, 5.41) is 6.61. The quantitative estimate of drug-likeness (QED) is 0.661. The van der Waals surface area contributed by atoms with Gasteiger partial charge in [0.2, 0.25) is 0 Å². The molecule has 1 fully saturated rings. The van der Waals surface area contributed by atoms with Gasteiger partial charge in [-0.1, -0.05) is 0 Å². The smallest absolute Gasteiger partial charge is 0.195 e. The average Bonchev–Trinajstić information content (AvgIpc) is 3.31. The number of anilines is 1. The number of benzene rings is 1. The molecule has 2 aliphatic rings. The first-order chi connectivity index (χ1) is 10.3. The zero-order chi connectivity index (χ0) is 14.5. The van der Waals surface area contributed by atoms with Crippen LogP contribution in [0.15, 0.2) is 23.2 Å². The SMILES string of the molecule is CCNC(=NCC1CC1)Nc1ccc2c(c1)OCCCO2. The number of hydrogen-bond acceptors (Lipinski definition) is 3. The van der Waals surface area contributed by atoms with E-state index >= 15 is 0 Å². The lowest BCUT2D eigenvalue weighted by atomic mass is 10.3. The molecule has 1 aromatic carbocycles. The molecule has 1 heterocycles. The second-order valence-electron chi connectivity index (χ2n) is 5.50. The Labute approximate surface area is 125 Å². The number of nitrogens with one attached hydrogen (secondary N) is 2. The minimum Gasteiger partial charge on any atom is -0.490 e. The van der Waals surface area contributed by atoms with Crippen molar-refractivity contribution in [3.63, 3.8) is 0 Å². The molecule has 2 N–H and O–H groups in total. The number of rotatable bonds is 4. The Morgan fingerprint density at radius 1 is 1.24 bits per heavy atom. The maximum Gasteiger partial charge on any atom is 0.195 e. The summed E-state index contributed by atoms with van der Waals surface area (Å²) in [4.78, 5) is 4.62. The van der Waals surface area contributed by atoms with E-state index in [1.165, 1.54) is 12.8 Å². The van der Waals surface area contributed by atoms with Gasteiger partial charge in [0, 0.05) is 31.3 Å². The third-order valence-electron chi connectivity index (χ3n) is 3.56. The van der Waals surface area contributed by atoms with Crippen molar-refractivity contribution in [1.29, 1.82) is 0 Å². The standard InChI is InChI=1S/C16H23N3O2/c1-2-17-16(18-11-12-4-5-12)19-13-6-7-14-15(10-13)21-9-3-8-20-14/h6-7,10,12H,2-5,8-9,11H2,1H3,(H2,17,18,19). The summed E-state index contributed by atoms with van der Waals surface area (Å²) in [6, 6.07) is 5.93. The van der Waals surface area contributed by atoms with E-state index < -0.39 is 0 Å². The number of ether oxygens (including phenoxy) is 2. The Bertz CT molecular complexity index is 512. The summed E-state index contributed by atoms with van der Waals surface area (Å²) < 4.78 is 11.4. The topological polar surface area (TPSA) is 54.9 Å². The molecule has 0 unspecified atom stereocenters. The van der Waals surface area contributed by atoms with Crippen molar-refractivity contribution in [2.75, 3.05) is 31.6 Å². The van der Waals surface area contributed by atoms with Crippen LogP contribution in [0, 0.1) is 5.92 Å². The highest BCUT2D eigenvalue weighted by Gasteiger charge is 2.20. The van der Waals surface area contributed by atoms with Gasteiger partial charge in [-0.2, -0.15) is 0 Å². The predicted octanol–water partition coefficient (Wildman–Crippen LogP) is 2.64. The van der Waals surface area contributed by atoms with Crippen LogP contribution in [0.3, 0.4) is 0 Å². The lowest BCUT2D eigenvalue weighted by Crippen LogP contribution is -2.30. The van der Waals surface area contributed by atoms with E-state index in [1.807, 2.05) is 18.2 Å². The highest BCUT2D eigenvalue weighted by molar-refractivity contribution is 5.93. The third kappa shape index (κ3) is 4.03. The van der Waals surface area contributed by atoms with Gasteiger partial charge in [0.1, 0.15) is 0 Å². The summed E-state index contributed by atoms with van der Waals surface area (Å²) in [5.41, 5.74) is 0.967.